The highest BCUT2D eigenvalue weighted by atomic mass is 32.1. The topological polar surface area (TPSA) is 101 Å². The summed E-state index contributed by atoms with van der Waals surface area (Å²) < 4.78 is 5.37. The summed E-state index contributed by atoms with van der Waals surface area (Å²) in [6.45, 7) is 2.74. The second kappa shape index (κ2) is 6.21. The van der Waals surface area contributed by atoms with Crippen LogP contribution in [0.2, 0.25) is 0 Å². The average molecular weight is 272 g/mol. The Morgan fingerprint density at radius 3 is 3.33 bits per heavy atom. The lowest BCUT2D eigenvalue weighted by molar-refractivity contribution is -0.0553. The van der Waals surface area contributed by atoms with Crippen LogP contribution in [-0.2, 0) is 11.3 Å². The lowest BCUT2D eigenvalue weighted by Crippen LogP contribution is -2.43. The van der Waals surface area contributed by atoms with Gasteiger partial charge in [0.25, 0.3) is 5.91 Å². The lowest BCUT2D eigenvalue weighted by atomic mass is 10.2. The van der Waals surface area contributed by atoms with Crippen LogP contribution in [0.3, 0.4) is 0 Å². The van der Waals surface area contributed by atoms with Crippen molar-refractivity contribution < 1.29 is 14.6 Å². The van der Waals surface area contributed by atoms with Gasteiger partial charge in [-0.15, -0.1) is 11.3 Å². The highest BCUT2D eigenvalue weighted by molar-refractivity contribution is 7.11. The normalized spacial score (nSPS) is 20.9. The number of ether oxygens (including phenoxy) is 1. The Hall–Kier alpha value is -1.06. The van der Waals surface area contributed by atoms with Crippen molar-refractivity contribution >= 4 is 17.2 Å². The molecule has 0 aromatic carbocycles. The molecule has 1 amide bonds. The number of rotatable bonds is 4. The number of hydrazine groups is 1. The van der Waals surface area contributed by atoms with Crippen LogP contribution in [0.1, 0.15) is 15.5 Å². The Kier molecular flexibility index (Phi) is 4.61. The van der Waals surface area contributed by atoms with E-state index in [1.807, 2.05) is 5.38 Å². The van der Waals surface area contributed by atoms with Gasteiger partial charge in [-0.05, 0) is 0 Å². The molecular formula is C10H16N4O3S. The molecule has 1 unspecified atom stereocenters. The van der Waals surface area contributed by atoms with Gasteiger partial charge in [0, 0.05) is 25.0 Å². The number of hydrogen-bond acceptors (Lipinski definition) is 7. The summed E-state index contributed by atoms with van der Waals surface area (Å²) in [5.41, 5.74) is 2.89. The summed E-state index contributed by atoms with van der Waals surface area (Å²) in [7, 11) is 0. The van der Waals surface area contributed by atoms with Crippen molar-refractivity contribution in [2.24, 2.45) is 5.84 Å². The van der Waals surface area contributed by atoms with Gasteiger partial charge in [-0.25, -0.2) is 10.8 Å². The first-order valence-electron chi connectivity index (χ1n) is 5.63. The smallest absolute Gasteiger partial charge is 0.294 e. The number of nitrogens with two attached hydrogens (primary N) is 1. The van der Waals surface area contributed by atoms with E-state index in [2.05, 4.69) is 15.3 Å². The monoisotopic (exact) mass is 272 g/mol. The third kappa shape index (κ3) is 3.24. The maximum absolute atomic E-state index is 11.3. The maximum atomic E-state index is 11.3. The number of nitrogens with one attached hydrogen (secondary N) is 1. The van der Waals surface area contributed by atoms with Crippen molar-refractivity contribution in [3.05, 3.63) is 16.1 Å². The van der Waals surface area contributed by atoms with Gasteiger partial charge < -0.3 is 9.84 Å². The number of aromatic nitrogens is 1. The zero-order valence-electron chi connectivity index (χ0n) is 9.83. The first-order valence-corrected chi connectivity index (χ1v) is 6.51. The molecule has 0 bridgehead atoms. The van der Waals surface area contributed by atoms with Crippen molar-refractivity contribution in [2.75, 3.05) is 26.3 Å². The fourth-order valence-electron chi connectivity index (χ4n) is 1.81. The molecule has 1 fully saturated rings. The molecule has 8 heteroatoms. The molecule has 0 aliphatic carbocycles. The summed E-state index contributed by atoms with van der Waals surface area (Å²) in [4.78, 5) is 17.6. The zero-order chi connectivity index (χ0) is 13.0. The largest absolute Gasteiger partial charge is 0.394 e. The molecule has 1 aliphatic rings. The predicted octanol–water partition coefficient (Wildman–Crippen LogP) is -1.06. The fraction of sp³-hybridized carbons (Fsp3) is 0.600. The lowest BCUT2D eigenvalue weighted by Gasteiger charge is -2.31. The first kappa shape index (κ1) is 13.4. The molecule has 1 aromatic rings. The number of nitrogens with zero attached hydrogens (tertiary/aromatic N) is 2. The van der Waals surface area contributed by atoms with Gasteiger partial charge in [-0.1, -0.05) is 0 Å². The molecule has 2 rings (SSSR count). The SMILES string of the molecule is NNC(=O)c1nc(CN2CCOC(CO)C2)cs1. The van der Waals surface area contributed by atoms with Crippen LogP contribution in [0.15, 0.2) is 5.38 Å². The van der Waals surface area contributed by atoms with Crippen molar-refractivity contribution in [2.45, 2.75) is 12.6 Å². The molecule has 1 aliphatic heterocycles. The Labute approximate surface area is 109 Å². The van der Waals surface area contributed by atoms with Crippen molar-refractivity contribution in [1.29, 1.82) is 0 Å². The predicted molar refractivity (Wildman–Crippen MR) is 65.9 cm³/mol. The van der Waals surface area contributed by atoms with Gasteiger partial charge in [0.05, 0.1) is 25.0 Å². The summed E-state index contributed by atoms with van der Waals surface area (Å²) in [6, 6.07) is 0. The van der Waals surface area contributed by atoms with Crippen molar-refractivity contribution in [3.63, 3.8) is 0 Å². The third-order valence-corrected chi connectivity index (χ3v) is 3.58. The number of hydrogen-bond donors (Lipinski definition) is 3. The minimum absolute atomic E-state index is 0.0222. The molecule has 1 atom stereocenters. The molecule has 4 N–H and O–H groups in total. The van der Waals surface area contributed by atoms with Crippen LogP contribution >= 0.6 is 11.3 Å². The average Bonchev–Trinajstić information content (AvgIpc) is 2.86. The number of carbonyl (C=O) groups excluding carboxylic acids is 1. The molecule has 2 heterocycles. The van der Waals surface area contributed by atoms with E-state index in [-0.39, 0.29) is 18.6 Å². The van der Waals surface area contributed by atoms with Crippen LogP contribution in [-0.4, -0.2) is 53.3 Å². The summed E-state index contributed by atoms with van der Waals surface area (Å²) in [5.74, 6) is 4.67. The summed E-state index contributed by atoms with van der Waals surface area (Å²) in [6.07, 6.45) is -0.135. The number of morpholine rings is 1. The van der Waals surface area contributed by atoms with Gasteiger partial charge in [-0.3, -0.25) is 15.1 Å². The first-order chi connectivity index (χ1) is 8.72. The summed E-state index contributed by atoms with van der Waals surface area (Å²) in [5, 5.41) is 11.3. The minimum atomic E-state index is -0.374. The molecule has 18 heavy (non-hydrogen) atoms. The number of aliphatic hydroxyl groups is 1. The number of nitrogen functional groups attached to an aromatic ring is 1. The molecule has 0 saturated carbocycles. The van der Waals surface area contributed by atoms with Crippen LogP contribution in [0.25, 0.3) is 0 Å². The Balaban J connectivity index is 1.92. The van der Waals surface area contributed by atoms with E-state index < -0.39 is 0 Å². The van der Waals surface area contributed by atoms with Crippen LogP contribution < -0.4 is 11.3 Å². The fourth-order valence-corrected chi connectivity index (χ4v) is 2.52. The highest BCUT2D eigenvalue weighted by Gasteiger charge is 2.20. The molecule has 100 valence electrons. The Morgan fingerprint density at radius 1 is 1.78 bits per heavy atom. The third-order valence-electron chi connectivity index (χ3n) is 2.69. The Bertz CT molecular complexity index is 412. The molecular weight excluding hydrogens is 256 g/mol. The number of carbonyl (C=O) groups is 1. The van der Waals surface area contributed by atoms with E-state index in [0.717, 1.165) is 12.2 Å². The van der Waals surface area contributed by atoms with Crippen LogP contribution in [0.5, 0.6) is 0 Å². The Morgan fingerprint density at radius 2 is 2.61 bits per heavy atom. The highest BCUT2D eigenvalue weighted by Crippen LogP contribution is 2.13. The van der Waals surface area contributed by atoms with E-state index >= 15 is 0 Å². The van der Waals surface area contributed by atoms with Crippen LogP contribution in [0, 0.1) is 0 Å². The van der Waals surface area contributed by atoms with E-state index in [0.29, 0.717) is 24.7 Å². The zero-order valence-corrected chi connectivity index (χ0v) is 10.7. The van der Waals surface area contributed by atoms with Gasteiger partial charge >= 0.3 is 0 Å². The number of amides is 1. The maximum Gasteiger partial charge on any atom is 0.294 e. The van der Waals surface area contributed by atoms with Crippen molar-refractivity contribution in [1.82, 2.24) is 15.3 Å². The number of aliphatic hydroxyl groups excluding tert-OH is 1. The molecule has 7 nitrogen and oxygen atoms in total. The standard InChI is InChI=1S/C10H16N4O3S/c11-13-9(16)10-12-7(6-18-10)3-14-1-2-17-8(4-14)5-15/h6,8,15H,1-5,11H2,(H,13,16). The minimum Gasteiger partial charge on any atom is -0.394 e. The summed E-state index contributed by atoms with van der Waals surface area (Å²) >= 11 is 1.27. The molecule has 0 radical (unpaired) electrons. The quantitative estimate of drug-likeness (QED) is 0.367. The van der Waals surface area contributed by atoms with E-state index in [1.165, 1.54) is 11.3 Å². The van der Waals surface area contributed by atoms with Gasteiger partial charge in [0.1, 0.15) is 0 Å². The van der Waals surface area contributed by atoms with Gasteiger partial charge in [0.15, 0.2) is 5.01 Å². The number of thiazole rings is 1. The van der Waals surface area contributed by atoms with Gasteiger partial charge in [-0.2, -0.15) is 0 Å². The van der Waals surface area contributed by atoms with E-state index in [1.54, 1.807) is 0 Å². The van der Waals surface area contributed by atoms with Gasteiger partial charge in [0.2, 0.25) is 0 Å². The molecule has 0 spiro atoms. The second-order valence-electron chi connectivity index (χ2n) is 4.03. The molecule has 1 saturated heterocycles. The van der Waals surface area contributed by atoms with E-state index in [9.17, 15) is 4.79 Å². The van der Waals surface area contributed by atoms with Crippen molar-refractivity contribution in [3.8, 4) is 0 Å². The molecule has 1 aromatic heterocycles. The van der Waals surface area contributed by atoms with E-state index in [4.69, 9.17) is 15.7 Å². The van der Waals surface area contributed by atoms with Crippen LogP contribution in [0.4, 0.5) is 0 Å². The second-order valence-corrected chi connectivity index (χ2v) is 4.89.